The van der Waals surface area contributed by atoms with Crippen molar-refractivity contribution in [1.29, 1.82) is 0 Å². The minimum Gasteiger partial charge on any atom is -0.388 e. The maximum Gasteiger partial charge on any atom is 0.0795 e. The molecule has 0 saturated heterocycles. The van der Waals surface area contributed by atoms with E-state index in [-0.39, 0.29) is 6.10 Å². The molecule has 3 rings (SSSR count). The summed E-state index contributed by atoms with van der Waals surface area (Å²) in [5.41, 5.74) is 2.63. The van der Waals surface area contributed by atoms with Crippen molar-refractivity contribution in [2.24, 2.45) is 5.92 Å². The molecule has 0 heterocycles. The highest BCUT2D eigenvalue weighted by Gasteiger charge is 2.28. The fourth-order valence-corrected chi connectivity index (χ4v) is 3.45. The molecule has 2 fully saturated rings. The Morgan fingerprint density at radius 1 is 1.00 bits per heavy atom. The molecule has 0 bridgehead atoms. The summed E-state index contributed by atoms with van der Waals surface area (Å²) >= 11 is 0. The third-order valence-corrected chi connectivity index (χ3v) is 4.65. The number of rotatable bonds is 4. The summed E-state index contributed by atoms with van der Waals surface area (Å²) in [5, 5.41) is 10.5. The highest BCUT2D eigenvalue weighted by Crippen LogP contribution is 2.44. The largest absolute Gasteiger partial charge is 0.388 e. The molecule has 1 aromatic carbocycles. The lowest BCUT2D eigenvalue weighted by atomic mass is 9.83. The molecule has 0 radical (unpaired) electrons. The maximum absolute atomic E-state index is 10.5. The van der Waals surface area contributed by atoms with Crippen LogP contribution in [0.5, 0.6) is 0 Å². The molecule has 2 aliphatic carbocycles. The van der Waals surface area contributed by atoms with Gasteiger partial charge in [0.25, 0.3) is 0 Å². The lowest BCUT2D eigenvalue weighted by molar-refractivity contribution is 0.130. The Kier molecular flexibility index (Phi) is 3.69. The fourth-order valence-electron chi connectivity index (χ4n) is 3.45. The van der Waals surface area contributed by atoms with Crippen molar-refractivity contribution in [3.8, 4) is 0 Å². The summed E-state index contributed by atoms with van der Waals surface area (Å²) in [6.07, 6.45) is 10.1. The van der Waals surface area contributed by atoms with Crippen LogP contribution in [0, 0.1) is 5.92 Å². The Bertz CT molecular complexity index is 388. The third-order valence-electron chi connectivity index (χ3n) is 4.65. The van der Waals surface area contributed by atoms with Crippen molar-refractivity contribution in [3.05, 3.63) is 35.4 Å². The molecule has 18 heavy (non-hydrogen) atoms. The van der Waals surface area contributed by atoms with E-state index in [0.717, 1.165) is 18.3 Å². The number of aliphatic hydroxyl groups excluding tert-OH is 1. The number of benzene rings is 1. The second-order valence-corrected chi connectivity index (χ2v) is 6.16. The lowest BCUT2D eigenvalue weighted by Crippen LogP contribution is -2.12. The van der Waals surface area contributed by atoms with Gasteiger partial charge in [-0.25, -0.2) is 0 Å². The Morgan fingerprint density at radius 2 is 1.72 bits per heavy atom. The average molecular weight is 244 g/mol. The quantitative estimate of drug-likeness (QED) is 0.822. The smallest absolute Gasteiger partial charge is 0.0795 e. The Labute approximate surface area is 110 Å². The van der Waals surface area contributed by atoms with Crippen molar-refractivity contribution in [2.75, 3.05) is 0 Å². The van der Waals surface area contributed by atoms with Gasteiger partial charge in [-0.3, -0.25) is 0 Å². The summed E-state index contributed by atoms with van der Waals surface area (Å²) in [4.78, 5) is 0. The van der Waals surface area contributed by atoms with Gasteiger partial charge in [0.15, 0.2) is 0 Å². The van der Waals surface area contributed by atoms with Crippen molar-refractivity contribution in [3.63, 3.8) is 0 Å². The monoisotopic (exact) mass is 244 g/mol. The van der Waals surface area contributed by atoms with Crippen LogP contribution in [0.1, 0.15) is 74.5 Å². The predicted octanol–water partition coefficient (Wildman–Crippen LogP) is 4.57. The first-order chi connectivity index (χ1) is 8.84. The molecule has 1 aromatic rings. The number of aliphatic hydroxyl groups is 1. The van der Waals surface area contributed by atoms with Crippen LogP contribution in [0.4, 0.5) is 0 Å². The van der Waals surface area contributed by atoms with E-state index in [1.165, 1.54) is 56.1 Å². The molecule has 1 heteroatoms. The highest BCUT2D eigenvalue weighted by atomic mass is 16.3. The highest BCUT2D eigenvalue weighted by molar-refractivity contribution is 5.34. The molecule has 2 saturated carbocycles. The number of hydrogen-bond donors (Lipinski definition) is 1. The van der Waals surface area contributed by atoms with Crippen molar-refractivity contribution in [2.45, 2.75) is 63.4 Å². The fraction of sp³-hybridized carbons (Fsp3) is 0.647. The Balaban J connectivity index is 1.69. The van der Waals surface area contributed by atoms with Crippen molar-refractivity contribution >= 4 is 0 Å². The molecular formula is C17H24O. The maximum atomic E-state index is 10.5. The SMILES string of the molecule is OC(CC1CCCCC1)c1ccccc1C1CC1. The molecule has 0 aliphatic heterocycles. The van der Waals surface area contributed by atoms with E-state index in [1.807, 2.05) is 0 Å². The van der Waals surface area contributed by atoms with E-state index in [0.29, 0.717) is 0 Å². The van der Waals surface area contributed by atoms with E-state index in [4.69, 9.17) is 0 Å². The topological polar surface area (TPSA) is 20.2 Å². The second-order valence-electron chi connectivity index (χ2n) is 6.16. The third kappa shape index (κ3) is 2.77. The van der Waals surface area contributed by atoms with E-state index < -0.39 is 0 Å². The van der Waals surface area contributed by atoms with Crippen LogP contribution in [0.3, 0.4) is 0 Å². The summed E-state index contributed by atoms with van der Waals surface area (Å²) in [7, 11) is 0. The minimum absolute atomic E-state index is 0.232. The zero-order valence-electron chi connectivity index (χ0n) is 11.1. The zero-order chi connectivity index (χ0) is 12.4. The van der Waals surface area contributed by atoms with Crippen LogP contribution in [-0.4, -0.2) is 5.11 Å². The summed E-state index contributed by atoms with van der Waals surface area (Å²) in [6.45, 7) is 0. The van der Waals surface area contributed by atoms with E-state index >= 15 is 0 Å². The van der Waals surface area contributed by atoms with E-state index in [1.54, 1.807) is 0 Å². The van der Waals surface area contributed by atoms with Gasteiger partial charge in [0.1, 0.15) is 0 Å². The number of hydrogen-bond acceptors (Lipinski definition) is 1. The van der Waals surface area contributed by atoms with Crippen LogP contribution >= 0.6 is 0 Å². The van der Waals surface area contributed by atoms with Crippen LogP contribution in [-0.2, 0) is 0 Å². The molecule has 2 aliphatic rings. The Hall–Kier alpha value is -0.820. The summed E-state index contributed by atoms with van der Waals surface area (Å²) < 4.78 is 0. The van der Waals surface area contributed by atoms with Gasteiger partial charge in [-0.1, -0.05) is 56.4 Å². The molecule has 1 nitrogen and oxygen atoms in total. The van der Waals surface area contributed by atoms with Gasteiger partial charge in [-0.05, 0) is 42.2 Å². The molecular weight excluding hydrogens is 220 g/mol. The molecule has 0 spiro atoms. The first-order valence-corrected chi connectivity index (χ1v) is 7.61. The van der Waals surface area contributed by atoms with Crippen LogP contribution in [0.15, 0.2) is 24.3 Å². The molecule has 1 atom stereocenters. The zero-order valence-corrected chi connectivity index (χ0v) is 11.1. The normalized spacial score (nSPS) is 22.9. The van der Waals surface area contributed by atoms with Gasteiger partial charge in [-0.15, -0.1) is 0 Å². The first-order valence-electron chi connectivity index (χ1n) is 7.61. The van der Waals surface area contributed by atoms with Crippen LogP contribution < -0.4 is 0 Å². The summed E-state index contributed by atoms with van der Waals surface area (Å²) in [6, 6.07) is 8.55. The van der Waals surface area contributed by atoms with Gasteiger partial charge < -0.3 is 5.11 Å². The van der Waals surface area contributed by atoms with Gasteiger partial charge in [0.2, 0.25) is 0 Å². The first kappa shape index (κ1) is 12.2. The molecule has 1 unspecified atom stereocenters. The van der Waals surface area contributed by atoms with Gasteiger partial charge in [-0.2, -0.15) is 0 Å². The summed E-state index contributed by atoms with van der Waals surface area (Å²) in [5.74, 6) is 1.49. The van der Waals surface area contributed by atoms with Crippen molar-refractivity contribution in [1.82, 2.24) is 0 Å². The van der Waals surface area contributed by atoms with Gasteiger partial charge in [0, 0.05) is 0 Å². The molecule has 0 aromatic heterocycles. The minimum atomic E-state index is -0.232. The van der Waals surface area contributed by atoms with Gasteiger partial charge >= 0.3 is 0 Å². The second kappa shape index (κ2) is 5.44. The molecule has 1 N–H and O–H groups in total. The van der Waals surface area contributed by atoms with Crippen LogP contribution in [0.2, 0.25) is 0 Å². The molecule has 0 amide bonds. The van der Waals surface area contributed by atoms with Gasteiger partial charge in [0.05, 0.1) is 6.10 Å². The molecule has 98 valence electrons. The predicted molar refractivity (Wildman–Crippen MR) is 74.6 cm³/mol. The van der Waals surface area contributed by atoms with Crippen molar-refractivity contribution < 1.29 is 5.11 Å². The van der Waals surface area contributed by atoms with E-state index in [9.17, 15) is 5.11 Å². The van der Waals surface area contributed by atoms with E-state index in [2.05, 4.69) is 24.3 Å². The standard InChI is InChI=1S/C17H24O/c18-17(12-13-6-2-1-3-7-13)16-9-5-4-8-15(16)14-10-11-14/h4-5,8-9,13-14,17-18H,1-3,6-7,10-12H2. The Morgan fingerprint density at radius 3 is 2.44 bits per heavy atom. The van der Waals surface area contributed by atoms with Crippen LogP contribution in [0.25, 0.3) is 0 Å². The lowest BCUT2D eigenvalue weighted by Gasteiger charge is -2.25. The average Bonchev–Trinajstić information content (AvgIpc) is 3.24.